The number of alkyl halides is 1. The minimum absolute atomic E-state index is 0.267. The van der Waals surface area contributed by atoms with Gasteiger partial charge in [0.25, 0.3) is 5.91 Å². The fourth-order valence-electron chi connectivity index (χ4n) is 3.37. The van der Waals surface area contributed by atoms with Crippen LogP contribution in [-0.4, -0.2) is 47.6 Å². The second kappa shape index (κ2) is 7.63. The number of methoxy groups -OCH3 is 3. The number of β-lactam (4-membered cyclic amide) rings is 1. The maximum absolute atomic E-state index is 12.6. The zero-order valence-corrected chi connectivity index (χ0v) is 16.8. The van der Waals surface area contributed by atoms with Crippen LogP contribution < -0.4 is 19.6 Å². The average molecular weight is 415 g/mol. The van der Waals surface area contributed by atoms with Crippen molar-refractivity contribution in [1.82, 2.24) is 15.0 Å². The quantitative estimate of drug-likeness (QED) is 0.489. The van der Waals surface area contributed by atoms with Gasteiger partial charge in [0.1, 0.15) is 23.5 Å². The lowest BCUT2D eigenvalue weighted by Crippen LogP contribution is -2.58. The monoisotopic (exact) mass is 414 g/mol. The van der Waals surface area contributed by atoms with Gasteiger partial charge in [0, 0.05) is 17.0 Å². The summed E-state index contributed by atoms with van der Waals surface area (Å²) in [4.78, 5) is 21.1. The summed E-state index contributed by atoms with van der Waals surface area (Å²) < 4.78 is 16.2. The van der Waals surface area contributed by atoms with Crippen LogP contribution in [0.1, 0.15) is 11.6 Å². The number of rotatable bonds is 6. The van der Waals surface area contributed by atoms with Crippen molar-refractivity contribution in [2.24, 2.45) is 0 Å². The number of aromatic nitrogens is 2. The SMILES string of the molecule is COc1cc(OC)c(C2C(Cl)C(=O)N2Nc2ncnc3ccccc23)cc1OC. The number of hydrogen-bond acceptors (Lipinski definition) is 7. The molecule has 29 heavy (non-hydrogen) atoms. The summed E-state index contributed by atoms with van der Waals surface area (Å²) in [7, 11) is 4.63. The topological polar surface area (TPSA) is 85.8 Å². The Labute approximate surface area is 172 Å². The van der Waals surface area contributed by atoms with Gasteiger partial charge in [-0.2, -0.15) is 0 Å². The summed E-state index contributed by atoms with van der Waals surface area (Å²) in [6.45, 7) is 0. The first kappa shape index (κ1) is 19.1. The zero-order chi connectivity index (χ0) is 20.5. The van der Waals surface area contributed by atoms with Crippen LogP contribution in [0.15, 0.2) is 42.7 Å². The highest BCUT2D eigenvalue weighted by Gasteiger charge is 2.49. The fraction of sp³-hybridized carbons (Fsp3) is 0.250. The molecule has 2 aromatic carbocycles. The molecule has 4 rings (SSSR count). The Morgan fingerprint density at radius 3 is 2.41 bits per heavy atom. The molecule has 2 atom stereocenters. The molecule has 1 N–H and O–H groups in total. The molecule has 9 heteroatoms. The van der Waals surface area contributed by atoms with E-state index in [1.165, 1.54) is 11.3 Å². The first-order chi connectivity index (χ1) is 14.1. The highest BCUT2D eigenvalue weighted by Crippen LogP contribution is 2.46. The van der Waals surface area contributed by atoms with Crippen molar-refractivity contribution < 1.29 is 19.0 Å². The molecule has 1 fully saturated rings. The van der Waals surface area contributed by atoms with E-state index in [0.29, 0.717) is 28.6 Å². The smallest absolute Gasteiger partial charge is 0.262 e. The molecule has 0 bridgehead atoms. The number of halogens is 1. The Morgan fingerprint density at radius 1 is 1.00 bits per heavy atom. The molecule has 0 aliphatic carbocycles. The Morgan fingerprint density at radius 2 is 1.69 bits per heavy atom. The number of nitrogens with one attached hydrogen (secondary N) is 1. The third-order valence-corrected chi connectivity index (χ3v) is 5.28. The van der Waals surface area contributed by atoms with Crippen LogP contribution in [0.4, 0.5) is 5.82 Å². The fourth-order valence-corrected chi connectivity index (χ4v) is 3.72. The summed E-state index contributed by atoms with van der Waals surface area (Å²) in [5.74, 6) is 1.81. The molecule has 0 radical (unpaired) electrons. The number of carbonyl (C=O) groups is 1. The van der Waals surface area contributed by atoms with Crippen LogP contribution in [0.3, 0.4) is 0 Å². The highest BCUT2D eigenvalue weighted by atomic mass is 35.5. The van der Waals surface area contributed by atoms with E-state index in [4.69, 9.17) is 25.8 Å². The minimum atomic E-state index is -0.761. The number of ether oxygens (including phenoxy) is 3. The van der Waals surface area contributed by atoms with Crippen molar-refractivity contribution in [3.05, 3.63) is 48.3 Å². The van der Waals surface area contributed by atoms with Crippen LogP contribution >= 0.6 is 11.6 Å². The van der Waals surface area contributed by atoms with Gasteiger partial charge in [-0.15, -0.1) is 11.6 Å². The molecule has 0 spiro atoms. The third-order valence-electron chi connectivity index (χ3n) is 4.85. The highest BCUT2D eigenvalue weighted by molar-refractivity contribution is 6.33. The lowest BCUT2D eigenvalue weighted by molar-refractivity contribution is -0.143. The minimum Gasteiger partial charge on any atom is -0.496 e. The number of hydrazine groups is 1. The Bertz CT molecular complexity index is 1070. The van der Waals surface area contributed by atoms with Gasteiger partial charge in [-0.1, -0.05) is 12.1 Å². The number of hydrogen-bond donors (Lipinski definition) is 1. The average Bonchev–Trinajstić information content (AvgIpc) is 2.77. The number of nitrogens with zero attached hydrogens (tertiary/aromatic N) is 3. The van der Waals surface area contributed by atoms with E-state index >= 15 is 0 Å². The second-order valence-corrected chi connectivity index (χ2v) is 6.83. The summed E-state index contributed by atoms with van der Waals surface area (Å²) in [5, 5.41) is 1.47. The lowest BCUT2D eigenvalue weighted by atomic mass is 9.94. The van der Waals surface area contributed by atoms with Gasteiger partial charge < -0.3 is 14.2 Å². The third kappa shape index (κ3) is 3.15. The summed E-state index contributed by atoms with van der Waals surface area (Å²) >= 11 is 6.39. The number of amides is 1. The predicted octanol–water partition coefficient (Wildman–Crippen LogP) is 3.17. The molecule has 0 saturated carbocycles. The van der Waals surface area contributed by atoms with E-state index in [1.807, 2.05) is 24.3 Å². The standard InChI is InChI=1S/C20H19ClN4O4/c1-27-14-9-16(29-3)15(28-2)8-12(14)18-17(21)20(26)25(18)24-19-11-6-4-5-7-13(11)22-10-23-19/h4-10,17-18H,1-3H3,(H,22,23,24). The van der Waals surface area contributed by atoms with Gasteiger partial charge in [0.2, 0.25) is 0 Å². The van der Waals surface area contributed by atoms with E-state index in [1.54, 1.807) is 33.5 Å². The zero-order valence-electron chi connectivity index (χ0n) is 16.0. The maximum Gasteiger partial charge on any atom is 0.262 e. The molecular weight excluding hydrogens is 396 g/mol. The van der Waals surface area contributed by atoms with Crippen LogP contribution in [0.2, 0.25) is 0 Å². The number of fused-ring (bicyclic) bond motifs is 1. The van der Waals surface area contributed by atoms with E-state index in [0.717, 1.165) is 10.9 Å². The Hall–Kier alpha value is -3.26. The van der Waals surface area contributed by atoms with E-state index < -0.39 is 11.4 Å². The van der Waals surface area contributed by atoms with Crippen LogP contribution in [0.5, 0.6) is 17.2 Å². The van der Waals surface area contributed by atoms with Gasteiger partial charge >= 0.3 is 0 Å². The van der Waals surface area contributed by atoms with Gasteiger partial charge in [0.05, 0.1) is 26.8 Å². The summed E-state index contributed by atoms with van der Waals surface area (Å²) in [6.07, 6.45) is 1.44. The van der Waals surface area contributed by atoms with E-state index in [2.05, 4.69) is 15.4 Å². The summed E-state index contributed by atoms with van der Waals surface area (Å²) in [6, 6.07) is 10.5. The molecule has 150 valence electrons. The van der Waals surface area contributed by atoms with Crippen LogP contribution in [-0.2, 0) is 4.79 Å². The van der Waals surface area contributed by atoms with E-state index in [-0.39, 0.29) is 5.91 Å². The van der Waals surface area contributed by atoms with Gasteiger partial charge in [-0.3, -0.25) is 10.2 Å². The molecule has 1 aliphatic heterocycles. The predicted molar refractivity (Wildman–Crippen MR) is 108 cm³/mol. The lowest BCUT2D eigenvalue weighted by Gasteiger charge is -2.44. The van der Waals surface area contributed by atoms with Crippen molar-refractivity contribution in [3.8, 4) is 17.2 Å². The van der Waals surface area contributed by atoms with Crippen LogP contribution in [0, 0.1) is 0 Å². The van der Waals surface area contributed by atoms with Gasteiger partial charge in [0.15, 0.2) is 17.3 Å². The number of anilines is 1. The van der Waals surface area contributed by atoms with Gasteiger partial charge in [-0.25, -0.2) is 15.0 Å². The molecule has 3 aromatic rings. The van der Waals surface area contributed by atoms with Crippen molar-refractivity contribution >= 4 is 34.2 Å². The largest absolute Gasteiger partial charge is 0.496 e. The van der Waals surface area contributed by atoms with Crippen molar-refractivity contribution in [3.63, 3.8) is 0 Å². The van der Waals surface area contributed by atoms with E-state index in [9.17, 15) is 4.79 Å². The second-order valence-electron chi connectivity index (χ2n) is 6.36. The molecule has 2 heterocycles. The number of carbonyl (C=O) groups excluding carboxylic acids is 1. The molecular formula is C20H19ClN4O4. The van der Waals surface area contributed by atoms with Gasteiger partial charge in [-0.05, 0) is 18.2 Å². The molecule has 1 saturated heterocycles. The number of benzene rings is 2. The Kier molecular flexibility index (Phi) is 5.02. The van der Waals surface area contributed by atoms with Crippen molar-refractivity contribution in [1.29, 1.82) is 0 Å². The maximum atomic E-state index is 12.6. The molecule has 2 unspecified atom stereocenters. The van der Waals surface area contributed by atoms with Crippen molar-refractivity contribution in [2.45, 2.75) is 11.4 Å². The molecule has 1 aromatic heterocycles. The normalized spacial score (nSPS) is 18.3. The number of para-hydroxylation sites is 1. The van der Waals surface area contributed by atoms with Crippen LogP contribution in [0.25, 0.3) is 10.9 Å². The first-order valence-electron chi connectivity index (χ1n) is 8.82. The molecule has 1 aliphatic rings. The summed E-state index contributed by atoms with van der Waals surface area (Å²) in [5.41, 5.74) is 4.54. The molecule has 1 amide bonds. The van der Waals surface area contributed by atoms with Crippen molar-refractivity contribution in [2.75, 3.05) is 26.8 Å². The molecule has 8 nitrogen and oxygen atoms in total. The Balaban J connectivity index is 1.73. The first-order valence-corrected chi connectivity index (χ1v) is 9.26.